The SMILES string of the molecule is CCCCCC[Si](Cl)(Cl)[Si](Cl)(Cl)Cl. The van der Waals surface area contributed by atoms with Crippen molar-refractivity contribution in [3.05, 3.63) is 0 Å². The summed E-state index contributed by atoms with van der Waals surface area (Å²) in [6.45, 7) is 2.15. The predicted molar refractivity (Wildman–Crippen MR) is 69.7 cm³/mol. The second kappa shape index (κ2) is 6.46. The van der Waals surface area contributed by atoms with Gasteiger partial charge in [0.2, 0.25) is 0 Å². The fourth-order valence-electron chi connectivity index (χ4n) is 0.916. The molecule has 0 spiro atoms. The van der Waals surface area contributed by atoms with Gasteiger partial charge in [-0.15, -0.1) is 55.4 Å². The van der Waals surface area contributed by atoms with Crippen molar-refractivity contribution >= 4 is 67.1 Å². The van der Waals surface area contributed by atoms with E-state index in [2.05, 4.69) is 6.92 Å². The van der Waals surface area contributed by atoms with E-state index in [0.29, 0.717) is 6.04 Å². The highest BCUT2D eigenvalue weighted by molar-refractivity contribution is 8.02. The number of hydrogen-bond donors (Lipinski definition) is 0. The summed E-state index contributed by atoms with van der Waals surface area (Å²) in [4.78, 5) is 0. The lowest BCUT2D eigenvalue weighted by Gasteiger charge is -2.21. The van der Waals surface area contributed by atoms with Crippen molar-refractivity contribution in [1.29, 1.82) is 0 Å². The Bertz CT molecular complexity index is 144. The van der Waals surface area contributed by atoms with E-state index in [1.54, 1.807) is 0 Å². The van der Waals surface area contributed by atoms with Crippen LogP contribution in [0.5, 0.6) is 0 Å². The Morgan fingerprint density at radius 1 is 0.846 bits per heavy atom. The van der Waals surface area contributed by atoms with Crippen LogP contribution in [-0.4, -0.2) is 11.7 Å². The monoisotopic (exact) mass is 316 g/mol. The minimum absolute atomic E-state index is 0.707. The summed E-state index contributed by atoms with van der Waals surface area (Å²) in [5.41, 5.74) is -2.86. The quantitative estimate of drug-likeness (QED) is 0.358. The molecule has 0 aliphatic heterocycles. The molecule has 0 heterocycles. The molecule has 0 saturated heterocycles. The number of unbranched alkanes of at least 4 members (excludes halogenated alkanes) is 3. The minimum Gasteiger partial charge on any atom is -0.145 e. The number of hydrogen-bond acceptors (Lipinski definition) is 0. The molecule has 0 radical (unpaired) electrons. The smallest absolute Gasteiger partial charge is 0.145 e. The van der Waals surface area contributed by atoms with E-state index in [1.807, 2.05) is 0 Å². The molecule has 0 saturated carbocycles. The molecule has 0 rings (SSSR count). The molecule has 0 bridgehead atoms. The van der Waals surface area contributed by atoms with Crippen molar-refractivity contribution in [3.8, 4) is 0 Å². The second-order valence-corrected chi connectivity index (χ2v) is 26.8. The van der Waals surface area contributed by atoms with E-state index in [9.17, 15) is 0 Å². The summed E-state index contributed by atoms with van der Waals surface area (Å²) in [5.74, 6) is 0. The van der Waals surface area contributed by atoms with Crippen molar-refractivity contribution in [2.24, 2.45) is 0 Å². The van der Waals surface area contributed by atoms with Gasteiger partial charge < -0.3 is 0 Å². The molecule has 0 aliphatic carbocycles. The third-order valence-corrected chi connectivity index (χ3v) is 27.0. The summed E-state index contributed by atoms with van der Waals surface area (Å²) in [5, 5.41) is 0. The Morgan fingerprint density at radius 2 is 1.38 bits per heavy atom. The van der Waals surface area contributed by atoms with Crippen LogP contribution >= 0.6 is 55.4 Å². The lowest BCUT2D eigenvalue weighted by molar-refractivity contribution is 0.700. The van der Waals surface area contributed by atoms with Crippen LogP contribution in [0.1, 0.15) is 32.6 Å². The van der Waals surface area contributed by atoms with Crippen LogP contribution in [0, 0.1) is 0 Å². The van der Waals surface area contributed by atoms with Gasteiger partial charge in [0.25, 0.3) is 6.21 Å². The summed E-state index contributed by atoms with van der Waals surface area (Å²) in [6, 6.07) is 0.707. The van der Waals surface area contributed by atoms with E-state index in [0.717, 1.165) is 12.8 Å². The highest BCUT2D eigenvalue weighted by atomic mass is 35.9. The van der Waals surface area contributed by atoms with E-state index < -0.39 is 11.7 Å². The van der Waals surface area contributed by atoms with Gasteiger partial charge in [0, 0.05) is 0 Å². The molecule has 0 aliphatic rings. The summed E-state index contributed by atoms with van der Waals surface area (Å²) >= 11 is 29.5. The van der Waals surface area contributed by atoms with Crippen LogP contribution in [0.3, 0.4) is 0 Å². The van der Waals surface area contributed by atoms with E-state index in [1.165, 1.54) is 12.8 Å². The number of halogens is 5. The zero-order valence-corrected chi connectivity index (χ0v) is 13.2. The van der Waals surface area contributed by atoms with E-state index in [4.69, 9.17) is 55.4 Å². The van der Waals surface area contributed by atoms with Gasteiger partial charge in [0.1, 0.15) is 0 Å². The highest BCUT2D eigenvalue weighted by Crippen LogP contribution is 2.40. The lowest BCUT2D eigenvalue weighted by Crippen LogP contribution is -2.42. The standard InChI is InChI=1S/C6H13Cl5Si2/c1-2-3-4-5-6-12(7,8)13(9,10)11/h2-6H2,1H3. The topological polar surface area (TPSA) is 0 Å². The molecule has 80 valence electrons. The van der Waals surface area contributed by atoms with Crippen LogP contribution in [0.4, 0.5) is 0 Å². The Balaban J connectivity index is 3.77. The molecule has 0 aromatic rings. The minimum atomic E-state index is -2.86. The van der Waals surface area contributed by atoms with Gasteiger partial charge in [-0.2, -0.15) is 0 Å². The molecule has 0 fully saturated rings. The summed E-state index contributed by atoms with van der Waals surface area (Å²) < 4.78 is 0. The molecular formula is C6H13Cl5Si2. The average molecular weight is 319 g/mol. The highest BCUT2D eigenvalue weighted by Gasteiger charge is 2.52. The largest absolute Gasteiger partial charge is 0.358 e. The first-order chi connectivity index (χ1) is 5.81. The molecule has 0 amide bonds. The van der Waals surface area contributed by atoms with Crippen molar-refractivity contribution in [3.63, 3.8) is 0 Å². The van der Waals surface area contributed by atoms with Crippen LogP contribution in [-0.2, 0) is 0 Å². The zero-order valence-electron chi connectivity index (χ0n) is 7.43. The fourth-order valence-corrected chi connectivity index (χ4v) is 6.63. The lowest BCUT2D eigenvalue weighted by atomic mass is 10.2. The molecule has 0 atom stereocenters. The molecule has 0 aromatic heterocycles. The van der Waals surface area contributed by atoms with Crippen molar-refractivity contribution in [2.75, 3.05) is 0 Å². The third kappa shape index (κ3) is 6.13. The molecule has 0 nitrogen and oxygen atoms in total. The Kier molecular flexibility index (Phi) is 7.40. The van der Waals surface area contributed by atoms with Gasteiger partial charge in [-0.05, 0) is 6.04 Å². The maximum atomic E-state index is 6.06. The summed E-state index contributed by atoms with van der Waals surface area (Å²) in [7, 11) is 0. The fraction of sp³-hybridized carbons (Fsp3) is 1.00. The first-order valence-corrected chi connectivity index (χ1v) is 14.5. The molecule has 0 aromatic carbocycles. The average Bonchev–Trinajstić information content (AvgIpc) is 1.96. The van der Waals surface area contributed by atoms with Crippen LogP contribution in [0.15, 0.2) is 0 Å². The van der Waals surface area contributed by atoms with E-state index in [-0.39, 0.29) is 0 Å². The molecule has 0 N–H and O–H groups in total. The van der Waals surface area contributed by atoms with Gasteiger partial charge >= 0.3 is 5.52 Å². The first-order valence-electron chi connectivity index (χ1n) is 4.26. The van der Waals surface area contributed by atoms with Gasteiger partial charge in [-0.1, -0.05) is 32.6 Å². The van der Waals surface area contributed by atoms with Crippen molar-refractivity contribution in [2.45, 2.75) is 38.7 Å². The normalized spacial score (nSPS) is 13.4. The maximum Gasteiger partial charge on any atom is 0.358 e. The Morgan fingerprint density at radius 3 is 1.77 bits per heavy atom. The van der Waals surface area contributed by atoms with E-state index >= 15 is 0 Å². The van der Waals surface area contributed by atoms with Gasteiger partial charge in [0.15, 0.2) is 0 Å². The Hall–Kier alpha value is 1.88. The molecule has 7 heteroatoms. The van der Waals surface area contributed by atoms with Gasteiger partial charge in [0.05, 0.1) is 0 Å². The molecular weight excluding hydrogens is 306 g/mol. The number of rotatable bonds is 6. The third-order valence-electron chi connectivity index (χ3n) is 1.76. The van der Waals surface area contributed by atoms with Crippen LogP contribution in [0.2, 0.25) is 6.04 Å². The Labute approximate surface area is 105 Å². The van der Waals surface area contributed by atoms with Gasteiger partial charge in [-0.3, -0.25) is 0 Å². The van der Waals surface area contributed by atoms with Crippen molar-refractivity contribution in [1.82, 2.24) is 0 Å². The van der Waals surface area contributed by atoms with Crippen molar-refractivity contribution < 1.29 is 0 Å². The first kappa shape index (κ1) is 14.9. The van der Waals surface area contributed by atoms with Crippen LogP contribution < -0.4 is 0 Å². The predicted octanol–water partition coefficient (Wildman–Crippen LogP) is 5.22. The zero-order chi connectivity index (χ0) is 10.5. The van der Waals surface area contributed by atoms with Gasteiger partial charge in [-0.25, -0.2) is 0 Å². The molecule has 13 heavy (non-hydrogen) atoms. The summed E-state index contributed by atoms with van der Waals surface area (Å²) in [6.07, 6.45) is 1.91. The maximum absolute atomic E-state index is 6.06. The van der Waals surface area contributed by atoms with Crippen LogP contribution in [0.25, 0.3) is 0 Å². The second-order valence-electron chi connectivity index (χ2n) is 3.01. The molecule has 0 unspecified atom stereocenters.